The van der Waals surface area contributed by atoms with Crippen LogP contribution in [0.1, 0.15) is 27.2 Å². The molecular formula is C16H31NO6. The molecule has 0 atom stereocenters. The molecule has 0 unspecified atom stereocenters. The topological polar surface area (TPSA) is 83.1 Å². The molecule has 0 saturated carbocycles. The minimum Gasteiger partial charge on any atom is -0.377 e. The first-order chi connectivity index (χ1) is 11.1. The van der Waals surface area contributed by atoms with Crippen molar-refractivity contribution in [2.45, 2.75) is 27.2 Å². The van der Waals surface area contributed by atoms with E-state index in [9.17, 15) is 9.59 Å². The van der Waals surface area contributed by atoms with E-state index in [1.807, 2.05) is 13.8 Å². The summed E-state index contributed by atoms with van der Waals surface area (Å²) < 4.78 is 20.9. The SMILES string of the molecule is CCC(=O)COCCOCCOCCOCC(=O)NCC(C)C. The van der Waals surface area contributed by atoms with Gasteiger partial charge < -0.3 is 24.3 Å². The number of hydrogen-bond acceptors (Lipinski definition) is 6. The van der Waals surface area contributed by atoms with Crippen LogP contribution in [-0.2, 0) is 28.5 Å². The molecule has 0 saturated heterocycles. The molecule has 7 heteroatoms. The van der Waals surface area contributed by atoms with Gasteiger partial charge in [0.2, 0.25) is 5.91 Å². The molecule has 0 aliphatic rings. The Morgan fingerprint density at radius 1 is 0.826 bits per heavy atom. The molecule has 0 heterocycles. The van der Waals surface area contributed by atoms with Crippen molar-refractivity contribution in [3.8, 4) is 0 Å². The zero-order chi connectivity index (χ0) is 17.3. The molecule has 0 radical (unpaired) electrons. The summed E-state index contributed by atoms with van der Waals surface area (Å²) in [6.07, 6.45) is 0.496. The van der Waals surface area contributed by atoms with E-state index in [0.717, 1.165) is 0 Å². The first kappa shape index (κ1) is 22.0. The maximum Gasteiger partial charge on any atom is 0.246 e. The third-order valence-corrected chi connectivity index (χ3v) is 2.71. The van der Waals surface area contributed by atoms with Gasteiger partial charge in [0.05, 0.1) is 39.6 Å². The summed E-state index contributed by atoms with van der Waals surface area (Å²) in [5.74, 6) is 0.412. The molecule has 0 bridgehead atoms. The van der Waals surface area contributed by atoms with Crippen LogP contribution in [-0.4, -0.2) is 71.1 Å². The highest BCUT2D eigenvalue weighted by Crippen LogP contribution is 1.88. The molecule has 0 aromatic rings. The Bertz CT molecular complexity index is 309. The van der Waals surface area contributed by atoms with E-state index in [4.69, 9.17) is 18.9 Å². The molecule has 0 spiro atoms. The predicted molar refractivity (Wildman–Crippen MR) is 86.4 cm³/mol. The fourth-order valence-electron chi connectivity index (χ4n) is 1.38. The molecule has 0 aromatic heterocycles. The van der Waals surface area contributed by atoms with Gasteiger partial charge in [-0.05, 0) is 5.92 Å². The average molecular weight is 333 g/mol. The summed E-state index contributed by atoms with van der Waals surface area (Å²) in [6.45, 7) is 9.29. The summed E-state index contributed by atoms with van der Waals surface area (Å²) >= 11 is 0. The maximum absolute atomic E-state index is 11.3. The van der Waals surface area contributed by atoms with Crippen LogP contribution in [0.25, 0.3) is 0 Å². The summed E-state index contributed by atoms with van der Waals surface area (Å²) in [6, 6.07) is 0. The molecule has 7 nitrogen and oxygen atoms in total. The minimum absolute atomic E-state index is 0.0560. The Kier molecular flexibility index (Phi) is 15.2. The molecule has 1 N–H and O–H groups in total. The average Bonchev–Trinajstić information content (AvgIpc) is 2.53. The predicted octanol–water partition coefficient (Wildman–Crippen LogP) is 0.804. The Morgan fingerprint density at radius 2 is 1.30 bits per heavy atom. The van der Waals surface area contributed by atoms with Gasteiger partial charge in [-0.2, -0.15) is 0 Å². The number of carbonyl (C=O) groups is 2. The first-order valence-electron chi connectivity index (χ1n) is 8.15. The largest absolute Gasteiger partial charge is 0.377 e. The van der Waals surface area contributed by atoms with Crippen LogP contribution in [0.4, 0.5) is 0 Å². The van der Waals surface area contributed by atoms with Crippen LogP contribution in [0.2, 0.25) is 0 Å². The molecule has 0 fully saturated rings. The highest BCUT2D eigenvalue weighted by Gasteiger charge is 2.02. The van der Waals surface area contributed by atoms with E-state index in [1.54, 1.807) is 6.92 Å². The third kappa shape index (κ3) is 17.2. The highest BCUT2D eigenvalue weighted by molar-refractivity contribution is 5.79. The number of nitrogens with one attached hydrogen (secondary N) is 1. The summed E-state index contributed by atoms with van der Waals surface area (Å²) in [5.41, 5.74) is 0. The van der Waals surface area contributed by atoms with E-state index >= 15 is 0 Å². The molecule has 136 valence electrons. The molecule has 0 aromatic carbocycles. The van der Waals surface area contributed by atoms with Crippen LogP contribution in [0.5, 0.6) is 0 Å². The monoisotopic (exact) mass is 333 g/mol. The van der Waals surface area contributed by atoms with Crippen LogP contribution in [0.15, 0.2) is 0 Å². The van der Waals surface area contributed by atoms with Gasteiger partial charge in [-0.1, -0.05) is 20.8 Å². The lowest BCUT2D eigenvalue weighted by atomic mass is 10.2. The van der Waals surface area contributed by atoms with Crippen molar-refractivity contribution in [1.29, 1.82) is 0 Å². The van der Waals surface area contributed by atoms with Gasteiger partial charge >= 0.3 is 0 Å². The quantitative estimate of drug-likeness (QED) is 0.421. The number of hydrogen-bond donors (Lipinski definition) is 1. The normalized spacial score (nSPS) is 11.0. The van der Waals surface area contributed by atoms with Crippen molar-refractivity contribution in [3.05, 3.63) is 0 Å². The summed E-state index contributed by atoms with van der Waals surface area (Å²) in [5, 5.41) is 2.77. The lowest BCUT2D eigenvalue weighted by Crippen LogP contribution is -2.31. The second-order valence-electron chi connectivity index (χ2n) is 5.42. The molecule has 1 amide bonds. The molecular weight excluding hydrogens is 302 g/mol. The van der Waals surface area contributed by atoms with E-state index in [1.165, 1.54) is 0 Å². The molecule has 23 heavy (non-hydrogen) atoms. The second kappa shape index (κ2) is 15.9. The summed E-state index contributed by atoms with van der Waals surface area (Å²) in [7, 11) is 0. The van der Waals surface area contributed by atoms with Crippen molar-refractivity contribution in [2.24, 2.45) is 5.92 Å². The van der Waals surface area contributed by atoms with E-state index in [2.05, 4.69) is 5.32 Å². The van der Waals surface area contributed by atoms with E-state index < -0.39 is 0 Å². The number of ketones is 1. The molecule has 0 aliphatic heterocycles. The van der Waals surface area contributed by atoms with Crippen LogP contribution >= 0.6 is 0 Å². The maximum atomic E-state index is 11.3. The standard InChI is InChI=1S/C16H31NO6/c1-4-15(18)12-22-9-7-20-5-6-21-8-10-23-13-16(19)17-11-14(2)3/h14H,4-13H2,1-3H3,(H,17,19). The minimum atomic E-state index is -0.108. The Labute approximate surface area is 139 Å². The van der Waals surface area contributed by atoms with Gasteiger partial charge in [-0.25, -0.2) is 0 Å². The zero-order valence-corrected chi connectivity index (χ0v) is 14.6. The fraction of sp³-hybridized carbons (Fsp3) is 0.875. The van der Waals surface area contributed by atoms with Crippen LogP contribution in [0.3, 0.4) is 0 Å². The number of Topliss-reactive ketones (excluding diaryl/α,β-unsaturated/α-hetero) is 1. The third-order valence-electron chi connectivity index (χ3n) is 2.71. The van der Waals surface area contributed by atoms with Gasteiger partial charge in [0.25, 0.3) is 0 Å². The van der Waals surface area contributed by atoms with Crippen molar-refractivity contribution in [1.82, 2.24) is 5.32 Å². The van der Waals surface area contributed by atoms with Gasteiger partial charge in [0, 0.05) is 13.0 Å². The number of ether oxygens (including phenoxy) is 4. The lowest BCUT2D eigenvalue weighted by molar-refractivity contribution is -0.126. The smallest absolute Gasteiger partial charge is 0.246 e. The van der Waals surface area contributed by atoms with Gasteiger partial charge in [0.1, 0.15) is 13.2 Å². The Hall–Kier alpha value is -1.02. The van der Waals surface area contributed by atoms with Crippen molar-refractivity contribution >= 4 is 11.7 Å². The van der Waals surface area contributed by atoms with Gasteiger partial charge in [-0.3, -0.25) is 9.59 Å². The second-order valence-corrected chi connectivity index (χ2v) is 5.42. The molecule has 0 aliphatic carbocycles. The Balaban J connectivity index is 3.16. The summed E-state index contributed by atoms with van der Waals surface area (Å²) in [4.78, 5) is 22.3. The number of carbonyl (C=O) groups excluding carboxylic acids is 2. The van der Waals surface area contributed by atoms with Crippen molar-refractivity contribution in [2.75, 3.05) is 59.4 Å². The fourth-order valence-corrected chi connectivity index (χ4v) is 1.38. The molecule has 0 rings (SSSR count). The van der Waals surface area contributed by atoms with Gasteiger partial charge in [0.15, 0.2) is 5.78 Å². The van der Waals surface area contributed by atoms with E-state index in [0.29, 0.717) is 58.5 Å². The lowest BCUT2D eigenvalue weighted by Gasteiger charge is -2.09. The van der Waals surface area contributed by atoms with Crippen LogP contribution < -0.4 is 5.32 Å². The highest BCUT2D eigenvalue weighted by atomic mass is 16.6. The van der Waals surface area contributed by atoms with Gasteiger partial charge in [-0.15, -0.1) is 0 Å². The first-order valence-corrected chi connectivity index (χ1v) is 8.15. The van der Waals surface area contributed by atoms with Crippen molar-refractivity contribution < 1.29 is 28.5 Å². The van der Waals surface area contributed by atoms with Crippen molar-refractivity contribution in [3.63, 3.8) is 0 Å². The number of amides is 1. The van der Waals surface area contributed by atoms with Crippen LogP contribution in [0, 0.1) is 5.92 Å². The number of rotatable bonds is 16. The Morgan fingerprint density at radius 3 is 1.78 bits per heavy atom. The van der Waals surface area contributed by atoms with E-state index in [-0.39, 0.29) is 24.9 Å². The zero-order valence-electron chi connectivity index (χ0n) is 14.6.